The number of anilines is 1. The summed E-state index contributed by atoms with van der Waals surface area (Å²) < 4.78 is 22.2. The van der Waals surface area contributed by atoms with Crippen molar-refractivity contribution >= 4 is 32.6 Å². The predicted octanol–water partition coefficient (Wildman–Crippen LogP) is 3.91. The van der Waals surface area contributed by atoms with Gasteiger partial charge >= 0.3 is 0 Å². The van der Waals surface area contributed by atoms with Gasteiger partial charge in [-0.15, -0.1) is 0 Å². The van der Waals surface area contributed by atoms with E-state index in [1.807, 2.05) is 43.3 Å². The van der Waals surface area contributed by atoms with E-state index in [4.69, 9.17) is 4.74 Å². The molecule has 2 aromatic heterocycles. The minimum atomic E-state index is -0.386. The van der Waals surface area contributed by atoms with Crippen LogP contribution in [0, 0.1) is 12.7 Å². The van der Waals surface area contributed by atoms with Crippen molar-refractivity contribution in [1.29, 1.82) is 0 Å². The van der Waals surface area contributed by atoms with E-state index in [2.05, 4.69) is 15.0 Å². The maximum atomic E-state index is 14.3. The molecule has 5 rings (SSSR count). The number of para-hydroxylation sites is 2. The fourth-order valence-corrected chi connectivity index (χ4v) is 4.97. The van der Waals surface area contributed by atoms with Crippen molar-refractivity contribution in [3.63, 3.8) is 0 Å². The number of fused-ring (bicyclic) bond motifs is 1. The van der Waals surface area contributed by atoms with E-state index in [0.29, 0.717) is 47.2 Å². The number of amides is 1. The smallest absolute Gasteiger partial charge is 0.263 e. The lowest BCUT2D eigenvalue weighted by atomic mass is 10.2. The minimum absolute atomic E-state index is 0.192. The Bertz CT molecular complexity index is 1270. The molecular formula is C24H24FN5O2S. The number of hydrogen-bond donors (Lipinski definition) is 0. The quantitative estimate of drug-likeness (QED) is 0.432. The average Bonchev–Trinajstić information content (AvgIpc) is 3.45. The van der Waals surface area contributed by atoms with E-state index >= 15 is 0 Å². The number of thiazole rings is 1. The summed E-state index contributed by atoms with van der Waals surface area (Å²) in [6.07, 6.45) is 1.60. The van der Waals surface area contributed by atoms with E-state index < -0.39 is 0 Å². The lowest BCUT2D eigenvalue weighted by molar-refractivity contribution is 0.0391. The van der Waals surface area contributed by atoms with E-state index in [0.717, 1.165) is 24.5 Å². The number of halogens is 1. The molecule has 2 aromatic carbocycles. The molecule has 0 bridgehead atoms. The van der Waals surface area contributed by atoms with Gasteiger partial charge in [-0.05, 0) is 31.2 Å². The van der Waals surface area contributed by atoms with Crippen LogP contribution in [-0.2, 0) is 4.74 Å². The highest BCUT2D eigenvalue weighted by Crippen LogP contribution is 2.31. The fourth-order valence-electron chi connectivity index (χ4n) is 3.96. The molecule has 0 N–H and O–H groups in total. The van der Waals surface area contributed by atoms with Crippen molar-refractivity contribution in [2.75, 3.05) is 44.3 Å². The standard InChI is InChI=1S/C24H24FN5O2S/c1-17-19(16-26-30(17)18-6-3-2-4-7-18)23(31)29(11-10-28-12-14-32-15-13-28)24-27-22-20(25)8-5-9-21(22)33-24/h2-9,16H,10-15H2,1H3. The van der Waals surface area contributed by atoms with Crippen LogP contribution in [0.15, 0.2) is 54.7 Å². The number of hydrogen-bond acceptors (Lipinski definition) is 6. The van der Waals surface area contributed by atoms with Gasteiger partial charge in [-0.25, -0.2) is 14.1 Å². The molecule has 33 heavy (non-hydrogen) atoms. The Morgan fingerprint density at radius 3 is 2.70 bits per heavy atom. The number of morpholine rings is 1. The normalized spacial score (nSPS) is 14.6. The minimum Gasteiger partial charge on any atom is -0.379 e. The molecule has 0 aliphatic carbocycles. The molecule has 1 fully saturated rings. The zero-order valence-electron chi connectivity index (χ0n) is 18.3. The van der Waals surface area contributed by atoms with Crippen molar-refractivity contribution < 1.29 is 13.9 Å². The third-order valence-corrected chi connectivity index (χ3v) is 6.86. The second kappa shape index (κ2) is 9.38. The highest BCUT2D eigenvalue weighted by Gasteiger charge is 2.26. The van der Waals surface area contributed by atoms with Gasteiger partial charge in [0.1, 0.15) is 11.3 Å². The van der Waals surface area contributed by atoms with Crippen LogP contribution >= 0.6 is 11.3 Å². The number of rotatable bonds is 6. The molecule has 4 aromatic rings. The summed E-state index contributed by atoms with van der Waals surface area (Å²) in [5, 5.41) is 4.94. The Morgan fingerprint density at radius 2 is 1.94 bits per heavy atom. The van der Waals surface area contributed by atoms with E-state index in [9.17, 15) is 9.18 Å². The van der Waals surface area contributed by atoms with Gasteiger partial charge in [0.25, 0.3) is 5.91 Å². The molecule has 0 radical (unpaired) electrons. The number of nitrogens with zero attached hydrogens (tertiary/aromatic N) is 5. The fraction of sp³-hybridized carbons (Fsp3) is 0.292. The summed E-state index contributed by atoms with van der Waals surface area (Å²) in [4.78, 5) is 22.2. The topological polar surface area (TPSA) is 63.5 Å². The largest absolute Gasteiger partial charge is 0.379 e. The molecule has 0 saturated carbocycles. The highest BCUT2D eigenvalue weighted by atomic mass is 32.1. The molecule has 0 atom stereocenters. The lowest BCUT2D eigenvalue weighted by Crippen LogP contribution is -2.43. The maximum absolute atomic E-state index is 14.3. The van der Waals surface area contributed by atoms with Gasteiger partial charge in [0.05, 0.1) is 41.1 Å². The van der Waals surface area contributed by atoms with Crippen LogP contribution in [0.2, 0.25) is 0 Å². The van der Waals surface area contributed by atoms with E-state index in [-0.39, 0.29) is 11.7 Å². The van der Waals surface area contributed by atoms with Gasteiger partial charge in [-0.2, -0.15) is 5.10 Å². The third kappa shape index (κ3) is 4.39. The number of carbonyl (C=O) groups is 1. The van der Waals surface area contributed by atoms with Gasteiger partial charge in [-0.1, -0.05) is 35.6 Å². The number of carbonyl (C=O) groups excluding carboxylic acids is 1. The summed E-state index contributed by atoms with van der Waals surface area (Å²) in [7, 11) is 0. The maximum Gasteiger partial charge on any atom is 0.263 e. The number of aromatic nitrogens is 3. The van der Waals surface area contributed by atoms with Crippen LogP contribution in [0.1, 0.15) is 16.1 Å². The molecule has 9 heteroatoms. The van der Waals surface area contributed by atoms with E-state index in [1.54, 1.807) is 21.8 Å². The molecule has 3 heterocycles. The average molecular weight is 466 g/mol. The second-order valence-corrected chi connectivity index (χ2v) is 8.89. The molecule has 1 amide bonds. The summed E-state index contributed by atoms with van der Waals surface area (Å²) in [6.45, 7) is 6.01. The van der Waals surface area contributed by atoms with Gasteiger partial charge in [0.15, 0.2) is 5.13 Å². The van der Waals surface area contributed by atoms with E-state index in [1.165, 1.54) is 17.4 Å². The Morgan fingerprint density at radius 1 is 1.15 bits per heavy atom. The Kier molecular flexibility index (Phi) is 6.17. The summed E-state index contributed by atoms with van der Waals surface area (Å²) in [5.74, 6) is -0.578. The van der Waals surface area contributed by atoms with Crippen molar-refractivity contribution in [3.05, 3.63) is 71.8 Å². The summed E-state index contributed by atoms with van der Waals surface area (Å²) >= 11 is 1.32. The number of benzene rings is 2. The Hall–Kier alpha value is -3.14. The van der Waals surface area contributed by atoms with Gasteiger partial charge in [0.2, 0.25) is 0 Å². The molecule has 0 spiro atoms. The molecular weight excluding hydrogens is 441 g/mol. The molecule has 1 aliphatic rings. The van der Waals surface area contributed by atoms with Crippen LogP contribution in [0.25, 0.3) is 15.9 Å². The van der Waals surface area contributed by atoms with Crippen LogP contribution < -0.4 is 4.90 Å². The molecule has 0 unspecified atom stereocenters. The predicted molar refractivity (Wildman–Crippen MR) is 127 cm³/mol. The second-order valence-electron chi connectivity index (χ2n) is 7.88. The SMILES string of the molecule is Cc1c(C(=O)N(CCN2CCOCC2)c2nc3c(F)cccc3s2)cnn1-c1ccccc1. The first-order valence-electron chi connectivity index (χ1n) is 10.9. The van der Waals surface area contributed by atoms with Crippen molar-refractivity contribution in [1.82, 2.24) is 19.7 Å². The van der Waals surface area contributed by atoms with Crippen LogP contribution in [-0.4, -0.2) is 65.0 Å². The molecule has 170 valence electrons. The number of ether oxygens (including phenoxy) is 1. The van der Waals surface area contributed by atoms with Crippen molar-refractivity contribution in [3.8, 4) is 5.69 Å². The zero-order chi connectivity index (χ0) is 22.8. The first-order chi connectivity index (χ1) is 16.1. The van der Waals surface area contributed by atoms with Crippen molar-refractivity contribution in [2.45, 2.75) is 6.92 Å². The van der Waals surface area contributed by atoms with Gasteiger partial charge in [-0.3, -0.25) is 14.6 Å². The highest BCUT2D eigenvalue weighted by molar-refractivity contribution is 7.22. The Labute approximate surface area is 195 Å². The molecule has 1 saturated heterocycles. The van der Waals surface area contributed by atoms with Gasteiger partial charge in [0, 0.05) is 26.2 Å². The lowest BCUT2D eigenvalue weighted by Gasteiger charge is -2.29. The van der Waals surface area contributed by atoms with Crippen LogP contribution in [0.3, 0.4) is 0 Å². The summed E-state index contributed by atoms with van der Waals surface area (Å²) in [6, 6.07) is 14.6. The third-order valence-electron chi connectivity index (χ3n) is 5.82. The van der Waals surface area contributed by atoms with Gasteiger partial charge < -0.3 is 4.74 Å². The van der Waals surface area contributed by atoms with Crippen LogP contribution in [0.4, 0.5) is 9.52 Å². The first-order valence-corrected chi connectivity index (χ1v) is 11.7. The summed E-state index contributed by atoms with van der Waals surface area (Å²) in [5.41, 5.74) is 2.42. The van der Waals surface area contributed by atoms with Crippen LogP contribution in [0.5, 0.6) is 0 Å². The monoisotopic (exact) mass is 465 g/mol. The first kappa shape index (κ1) is 21.7. The Balaban J connectivity index is 1.48. The molecule has 7 nitrogen and oxygen atoms in total. The molecule has 1 aliphatic heterocycles. The van der Waals surface area contributed by atoms with Crippen molar-refractivity contribution in [2.24, 2.45) is 0 Å². The zero-order valence-corrected chi connectivity index (χ0v) is 19.1.